The topological polar surface area (TPSA) is 25.8 Å². The highest BCUT2D eigenvalue weighted by Gasteiger charge is 2.16. The monoisotopic (exact) mass is 238 g/mol. The molecule has 0 unspecified atom stereocenters. The highest BCUT2D eigenvalue weighted by molar-refractivity contribution is 5.58. The molecule has 1 aliphatic carbocycles. The maximum Gasteiger partial charge on any atom is 0.0929 e. The Labute approximate surface area is 108 Å². The molecule has 0 radical (unpaired) electrons. The summed E-state index contributed by atoms with van der Waals surface area (Å²) >= 11 is 0. The molecule has 0 aliphatic heterocycles. The van der Waals surface area contributed by atoms with Crippen LogP contribution in [0.25, 0.3) is 11.3 Å². The molecule has 0 saturated heterocycles. The molecule has 2 nitrogen and oxygen atoms in total. The quantitative estimate of drug-likeness (QED) is 0.786. The molecule has 0 bridgehead atoms. The molecule has 0 N–H and O–H groups in total. The molecule has 1 saturated carbocycles. The first-order chi connectivity index (χ1) is 8.83. The lowest BCUT2D eigenvalue weighted by Crippen LogP contribution is -1.93. The predicted molar refractivity (Wildman–Crippen MR) is 73.4 cm³/mol. The van der Waals surface area contributed by atoms with Crippen LogP contribution < -0.4 is 0 Å². The second-order valence-electron chi connectivity index (χ2n) is 5.16. The van der Waals surface area contributed by atoms with E-state index in [0.717, 1.165) is 22.9 Å². The normalized spacial score (nSPS) is 16.1. The predicted octanol–water partition coefficient (Wildman–Crippen LogP) is 4.11. The maximum atomic E-state index is 4.23. The van der Waals surface area contributed by atoms with Gasteiger partial charge < -0.3 is 0 Å². The molecule has 2 aromatic rings. The number of rotatable bonds is 2. The summed E-state index contributed by atoms with van der Waals surface area (Å²) in [5.41, 5.74) is 4.56. The molecule has 3 rings (SSSR count). The molecule has 1 aromatic carbocycles. The third-order valence-electron chi connectivity index (χ3n) is 3.83. The molecular weight excluding hydrogens is 220 g/mol. The fourth-order valence-electron chi connectivity index (χ4n) is 2.74. The first-order valence-electron chi connectivity index (χ1n) is 6.73. The first kappa shape index (κ1) is 11.4. The number of nitrogens with zero attached hydrogens (tertiary/aromatic N) is 2. The van der Waals surface area contributed by atoms with Gasteiger partial charge in [-0.15, -0.1) is 0 Å². The molecule has 0 spiro atoms. The summed E-state index contributed by atoms with van der Waals surface area (Å²) in [6.45, 7) is 1.96. The zero-order chi connectivity index (χ0) is 12.4. The van der Waals surface area contributed by atoms with E-state index < -0.39 is 0 Å². The van der Waals surface area contributed by atoms with Gasteiger partial charge in [0.1, 0.15) is 0 Å². The van der Waals surface area contributed by atoms with Crippen LogP contribution in [0.3, 0.4) is 0 Å². The summed E-state index contributed by atoms with van der Waals surface area (Å²) in [7, 11) is 0. The van der Waals surface area contributed by atoms with Crippen molar-refractivity contribution < 1.29 is 0 Å². The molecule has 1 aromatic heterocycles. The SMILES string of the molecule is Cc1ccc(-c2ccc(C3CCCC3)cc2)nn1. The van der Waals surface area contributed by atoms with E-state index in [1.807, 2.05) is 19.1 Å². The fraction of sp³-hybridized carbons (Fsp3) is 0.375. The van der Waals surface area contributed by atoms with Crippen LogP contribution >= 0.6 is 0 Å². The molecule has 0 atom stereocenters. The summed E-state index contributed by atoms with van der Waals surface area (Å²) in [5.74, 6) is 0.781. The van der Waals surface area contributed by atoms with Gasteiger partial charge in [-0.3, -0.25) is 0 Å². The average molecular weight is 238 g/mol. The Bertz CT molecular complexity index is 508. The van der Waals surface area contributed by atoms with E-state index in [1.54, 1.807) is 0 Å². The third-order valence-corrected chi connectivity index (χ3v) is 3.83. The van der Waals surface area contributed by atoms with Crippen molar-refractivity contribution in [3.8, 4) is 11.3 Å². The summed E-state index contributed by atoms with van der Waals surface area (Å²) in [4.78, 5) is 0. The van der Waals surface area contributed by atoms with Crippen LogP contribution in [0.2, 0.25) is 0 Å². The maximum absolute atomic E-state index is 4.23. The van der Waals surface area contributed by atoms with E-state index in [0.29, 0.717) is 0 Å². The Balaban J connectivity index is 1.84. The summed E-state index contributed by atoms with van der Waals surface area (Å²) in [6, 6.07) is 12.9. The molecule has 92 valence electrons. The van der Waals surface area contributed by atoms with Crippen molar-refractivity contribution >= 4 is 0 Å². The zero-order valence-corrected chi connectivity index (χ0v) is 10.8. The third kappa shape index (κ3) is 2.28. The standard InChI is InChI=1S/C16H18N2/c1-12-6-11-16(18-17-12)15-9-7-14(8-10-15)13-4-2-3-5-13/h6-11,13H,2-5H2,1H3. The Morgan fingerprint density at radius 1 is 0.889 bits per heavy atom. The van der Waals surface area contributed by atoms with Crippen LogP contribution in [0.5, 0.6) is 0 Å². The van der Waals surface area contributed by atoms with Crippen LogP contribution in [-0.4, -0.2) is 10.2 Å². The first-order valence-corrected chi connectivity index (χ1v) is 6.73. The minimum absolute atomic E-state index is 0.781. The van der Waals surface area contributed by atoms with Gasteiger partial charge >= 0.3 is 0 Å². The minimum Gasteiger partial charge on any atom is -0.155 e. The van der Waals surface area contributed by atoms with Crippen molar-refractivity contribution in [3.63, 3.8) is 0 Å². The van der Waals surface area contributed by atoms with Gasteiger partial charge in [-0.1, -0.05) is 37.1 Å². The Hall–Kier alpha value is -1.70. The second-order valence-corrected chi connectivity index (χ2v) is 5.16. The van der Waals surface area contributed by atoms with Gasteiger partial charge in [0, 0.05) is 5.56 Å². The van der Waals surface area contributed by atoms with Crippen molar-refractivity contribution in [2.75, 3.05) is 0 Å². The van der Waals surface area contributed by atoms with Gasteiger partial charge in [0.15, 0.2) is 0 Å². The van der Waals surface area contributed by atoms with Gasteiger partial charge in [-0.2, -0.15) is 10.2 Å². The van der Waals surface area contributed by atoms with E-state index in [-0.39, 0.29) is 0 Å². The number of hydrogen-bond acceptors (Lipinski definition) is 2. The van der Waals surface area contributed by atoms with Crippen molar-refractivity contribution in [1.82, 2.24) is 10.2 Å². The van der Waals surface area contributed by atoms with Gasteiger partial charge in [-0.25, -0.2) is 0 Å². The van der Waals surface area contributed by atoms with Crippen molar-refractivity contribution in [1.29, 1.82) is 0 Å². The Morgan fingerprint density at radius 2 is 1.61 bits per heavy atom. The van der Waals surface area contributed by atoms with Crippen molar-refractivity contribution in [2.45, 2.75) is 38.5 Å². The molecule has 1 heterocycles. The van der Waals surface area contributed by atoms with E-state index in [4.69, 9.17) is 0 Å². The van der Waals surface area contributed by atoms with Crippen LogP contribution in [0, 0.1) is 6.92 Å². The van der Waals surface area contributed by atoms with Gasteiger partial charge in [0.05, 0.1) is 11.4 Å². The Kier molecular flexibility index (Phi) is 3.09. The molecule has 18 heavy (non-hydrogen) atoms. The number of aryl methyl sites for hydroxylation is 1. The van der Waals surface area contributed by atoms with Crippen molar-refractivity contribution in [3.05, 3.63) is 47.7 Å². The highest BCUT2D eigenvalue weighted by Crippen LogP contribution is 2.34. The summed E-state index contributed by atoms with van der Waals surface area (Å²) in [5, 5.41) is 8.33. The molecule has 2 heteroatoms. The minimum atomic E-state index is 0.781. The zero-order valence-electron chi connectivity index (χ0n) is 10.8. The van der Waals surface area contributed by atoms with E-state index in [2.05, 4.69) is 34.5 Å². The average Bonchev–Trinajstić information content (AvgIpc) is 2.94. The lowest BCUT2D eigenvalue weighted by Gasteiger charge is -2.09. The lowest BCUT2D eigenvalue weighted by molar-refractivity contribution is 0.723. The van der Waals surface area contributed by atoms with Crippen LogP contribution in [0.4, 0.5) is 0 Å². The lowest BCUT2D eigenvalue weighted by atomic mass is 9.96. The number of hydrogen-bond donors (Lipinski definition) is 0. The number of benzene rings is 1. The van der Waals surface area contributed by atoms with E-state index >= 15 is 0 Å². The molecular formula is C16H18N2. The van der Waals surface area contributed by atoms with Gasteiger partial charge in [0.2, 0.25) is 0 Å². The van der Waals surface area contributed by atoms with Crippen LogP contribution in [0.15, 0.2) is 36.4 Å². The van der Waals surface area contributed by atoms with Gasteiger partial charge in [-0.05, 0) is 43.4 Å². The van der Waals surface area contributed by atoms with E-state index in [1.165, 1.54) is 31.2 Å². The van der Waals surface area contributed by atoms with Crippen molar-refractivity contribution in [2.24, 2.45) is 0 Å². The highest BCUT2D eigenvalue weighted by atomic mass is 15.1. The second kappa shape index (κ2) is 4.89. The fourth-order valence-corrected chi connectivity index (χ4v) is 2.74. The molecule has 1 aliphatic rings. The smallest absolute Gasteiger partial charge is 0.0929 e. The molecule has 0 amide bonds. The largest absolute Gasteiger partial charge is 0.155 e. The van der Waals surface area contributed by atoms with E-state index in [9.17, 15) is 0 Å². The van der Waals surface area contributed by atoms with Crippen LogP contribution in [-0.2, 0) is 0 Å². The summed E-state index contributed by atoms with van der Waals surface area (Å²) < 4.78 is 0. The molecule has 1 fully saturated rings. The Morgan fingerprint density at radius 3 is 2.22 bits per heavy atom. The number of aromatic nitrogens is 2. The summed E-state index contributed by atoms with van der Waals surface area (Å²) in [6.07, 6.45) is 5.47. The van der Waals surface area contributed by atoms with Gasteiger partial charge in [0.25, 0.3) is 0 Å². The van der Waals surface area contributed by atoms with Crippen LogP contribution in [0.1, 0.15) is 42.9 Å².